The zero-order valence-corrected chi connectivity index (χ0v) is 19.1. The number of nitrogen functional groups attached to an aromatic ring is 1. The van der Waals surface area contributed by atoms with Crippen LogP contribution >= 0.6 is 0 Å². The third-order valence-electron chi connectivity index (χ3n) is 5.58. The molecule has 1 aromatic heterocycles. The van der Waals surface area contributed by atoms with E-state index in [0.29, 0.717) is 18.0 Å². The van der Waals surface area contributed by atoms with Gasteiger partial charge in [-0.3, -0.25) is 24.0 Å². The van der Waals surface area contributed by atoms with Gasteiger partial charge in [0.2, 0.25) is 12.7 Å². The van der Waals surface area contributed by atoms with Crippen LogP contribution in [0.3, 0.4) is 0 Å². The lowest BCUT2D eigenvalue weighted by atomic mass is 10.2. The molecule has 0 atom stereocenters. The normalized spacial score (nSPS) is 12.2. The summed E-state index contributed by atoms with van der Waals surface area (Å²) in [6, 6.07) is 14.9. The number of nitrogens with one attached hydrogen (secondary N) is 1. The molecule has 0 radical (unpaired) electrons. The molecule has 10 nitrogen and oxygen atoms in total. The third kappa shape index (κ3) is 4.81. The highest BCUT2D eigenvalue weighted by atomic mass is 16.7. The number of benzene rings is 2. The minimum atomic E-state index is -0.694. The zero-order valence-electron chi connectivity index (χ0n) is 19.1. The van der Waals surface area contributed by atoms with Crippen LogP contribution in [0, 0.1) is 0 Å². The summed E-state index contributed by atoms with van der Waals surface area (Å²) in [6.07, 6.45) is 0. The number of nitrogens with zero attached hydrogens (tertiary/aromatic N) is 3. The van der Waals surface area contributed by atoms with Crippen LogP contribution in [0.1, 0.15) is 18.1 Å². The van der Waals surface area contributed by atoms with Crippen molar-refractivity contribution >= 4 is 17.4 Å². The van der Waals surface area contributed by atoms with E-state index in [9.17, 15) is 14.4 Å². The van der Waals surface area contributed by atoms with Crippen LogP contribution < -0.4 is 31.4 Å². The van der Waals surface area contributed by atoms with Crippen LogP contribution in [0.4, 0.5) is 11.5 Å². The van der Waals surface area contributed by atoms with E-state index in [0.717, 1.165) is 11.1 Å². The van der Waals surface area contributed by atoms with Crippen molar-refractivity contribution < 1.29 is 14.3 Å². The van der Waals surface area contributed by atoms with Crippen LogP contribution in [0.25, 0.3) is 0 Å². The van der Waals surface area contributed by atoms with Crippen LogP contribution in [0.5, 0.6) is 11.5 Å². The minimum Gasteiger partial charge on any atom is -0.454 e. The second-order valence-corrected chi connectivity index (χ2v) is 8.06. The molecule has 0 saturated carbocycles. The Hall–Kier alpha value is -4.05. The van der Waals surface area contributed by atoms with E-state index in [1.54, 1.807) is 14.0 Å². The second kappa shape index (κ2) is 9.84. The SMILES string of the molecule is CCN(C(=O)CN(C)Cc1ccc2c(c1)OCO2)c1c(N)n(Cc2ccccc2)c(=O)[nH]c1=O. The van der Waals surface area contributed by atoms with Gasteiger partial charge in [0.15, 0.2) is 17.2 Å². The highest BCUT2D eigenvalue weighted by Gasteiger charge is 2.24. The van der Waals surface area contributed by atoms with Gasteiger partial charge < -0.3 is 20.1 Å². The van der Waals surface area contributed by atoms with Crippen molar-refractivity contribution in [2.75, 3.05) is 37.6 Å². The number of fused-ring (bicyclic) bond motifs is 1. The Morgan fingerprint density at radius 3 is 2.56 bits per heavy atom. The number of likely N-dealkylation sites (N-methyl/N-ethyl adjacent to an activating group) is 2. The molecule has 0 unspecified atom stereocenters. The van der Waals surface area contributed by atoms with Crippen LogP contribution in [-0.2, 0) is 17.9 Å². The summed E-state index contributed by atoms with van der Waals surface area (Å²) >= 11 is 0. The average molecular weight is 466 g/mol. The summed E-state index contributed by atoms with van der Waals surface area (Å²) in [5, 5.41) is 0. The number of aromatic amines is 1. The van der Waals surface area contributed by atoms with Gasteiger partial charge in [-0.2, -0.15) is 0 Å². The lowest BCUT2D eigenvalue weighted by Crippen LogP contribution is -2.44. The molecule has 1 amide bonds. The monoisotopic (exact) mass is 465 g/mol. The molecule has 0 bridgehead atoms. The van der Waals surface area contributed by atoms with Gasteiger partial charge in [0, 0.05) is 13.1 Å². The van der Waals surface area contributed by atoms with Crippen molar-refractivity contribution in [3.05, 3.63) is 80.5 Å². The first-order valence-electron chi connectivity index (χ1n) is 10.9. The van der Waals surface area contributed by atoms with Crippen LogP contribution in [0.2, 0.25) is 0 Å². The van der Waals surface area contributed by atoms with E-state index in [4.69, 9.17) is 15.2 Å². The van der Waals surface area contributed by atoms with Gasteiger partial charge >= 0.3 is 5.69 Å². The standard InChI is InChI=1S/C24H27N5O5/c1-3-28(20(30)14-27(2)12-17-9-10-18-19(11-17)34-15-33-18)21-22(25)29(24(32)26-23(21)31)13-16-7-5-4-6-8-16/h4-11H,3,12-15,25H2,1-2H3,(H,26,31,32). The smallest absolute Gasteiger partial charge is 0.330 e. The fraction of sp³-hybridized carbons (Fsp3) is 0.292. The lowest BCUT2D eigenvalue weighted by molar-refractivity contribution is -0.119. The molecule has 2 heterocycles. The van der Waals surface area contributed by atoms with Crippen molar-refractivity contribution in [2.45, 2.75) is 20.0 Å². The van der Waals surface area contributed by atoms with Crippen LogP contribution in [-0.4, -0.2) is 47.3 Å². The number of H-pyrrole nitrogens is 1. The number of anilines is 2. The minimum absolute atomic E-state index is 0.0282. The molecule has 1 aliphatic heterocycles. The summed E-state index contributed by atoms with van der Waals surface area (Å²) < 4.78 is 12.0. The first-order chi connectivity index (χ1) is 16.4. The first kappa shape index (κ1) is 23.1. The van der Waals surface area contributed by atoms with E-state index in [1.807, 2.05) is 53.4 Å². The molecule has 10 heteroatoms. The van der Waals surface area contributed by atoms with Crippen molar-refractivity contribution in [1.82, 2.24) is 14.5 Å². The lowest BCUT2D eigenvalue weighted by Gasteiger charge is -2.25. The van der Waals surface area contributed by atoms with Gasteiger partial charge in [0.05, 0.1) is 13.1 Å². The molecule has 4 rings (SSSR count). The van der Waals surface area contributed by atoms with Gasteiger partial charge in [0.25, 0.3) is 5.56 Å². The van der Waals surface area contributed by atoms with Gasteiger partial charge in [-0.25, -0.2) is 4.79 Å². The molecule has 3 aromatic rings. The maximum Gasteiger partial charge on any atom is 0.330 e. The summed E-state index contributed by atoms with van der Waals surface area (Å²) in [6.45, 7) is 2.86. The molecule has 0 spiro atoms. The van der Waals surface area contributed by atoms with Crippen LogP contribution in [0.15, 0.2) is 58.1 Å². The Balaban J connectivity index is 1.54. The van der Waals surface area contributed by atoms with Gasteiger partial charge in [-0.15, -0.1) is 0 Å². The molecule has 178 valence electrons. The number of ether oxygens (including phenoxy) is 2. The molecular formula is C24H27N5O5. The zero-order chi connectivity index (χ0) is 24.2. The molecule has 2 aromatic carbocycles. The Morgan fingerprint density at radius 2 is 1.82 bits per heavy atom. The van der Waals surface area contributed by atoms with Crippen molar-refractivity contribution in [1.29, 1.82) is 0 Å². The van der Waals surface area contributed by atoms with E-state index in [1.165, 1.54) is 9.47 Å². The van der Waals surface area contributed by atoms with E-state index < -0.39 is 11.2 Å². The molecule has 0 aliphatic carbocycles. The predicted molar refractivity (Wildman–Crippen MR) is 128 cm³/mol. The Bertz CT molecular complexity index is 1300. The highest BCUT2D eigenvalue weighted by Crippen LogP contribution is 2.32. The summed E-state index contributed by atoms with van der Waals surface area (Å²) in [5.41, 5.74) is 6.71. The topological polar surface area (TPSA) is 123 Å². The van der Waals surface area contributed by atoms with E-state index >= 15 is 0 Å². The molecule has 3 N–H and O–H groups in total. The molecule has 0 saturated heterocycles. The number of amides is 1. The molecule has 34 heavy (non-hydrogen) atoms. The van der Waals surface area contributed by atoms with Gasteiger partial charge in [0.1, 0.15) is 5.82 Å². The molecule has 0 fully saturated rings. The third-order valence-corrected chi connectivity index (χ3v) is 5.58. The maximum atomic E-state index is 13.2. The number of carbonyl (C=O) groups is 1. The Labute approximate surface area is 196 Å². The Kier molecular flexibility index (Phi) is 6.69. The van der Waals surface area contributed by atoms with Crippen molar-refractivity contribution in [3.8, 4) is 11.5 Å². The average Bonchev–Trinajstić information content (AvgIpc) is 3.27. The fourth-order valence-corrected chi connectivity index (χ4v) is 3.94. The Morgan fingerprint density at radius 1 is 1.09 bits per heavy atom. The van der Waals surface area contributed by atoms with Gasteiger partial charge in [-0.05, 0) is 37.2 Å². The molecule has 1 aliphatic rings. The largest absolute Gasteiger partial charge is 0.454 e. The number of carbonyl (C=O) groups excluding carboxylic acids is 1. The number of nitrogens with two attached hydrogens (primary N) is 1. The van der Waals surface area contributed by atoms with Crippen molar-refractivity contribution in [3.63, 3.8) is 0 Å². The number of hydrogen-bond acceptors (Lipinski definition) is 7. The van der Waals surface area contributed by atoms with Gasteiger partial charge in [-0.1, -0.05) is 36.4 Å². The second-order valence-electron chi connectivity index (χ2n) is 8.06. The summed E-state index contributed by atoms with van der Waals surface area (Å²) in [4.78, 5) is 43.7. The quantitative estimate of drug-likeness (QED) is 0.515. The van der Waals surface area contributed by atoms with E-state index in [2.05, 4.69) is 4.98 Å². The maximum absolute atomic E-state index is 13.2. The number of aromatic nitrogens is 2. The first-order valence-corrected chi connectivity index (χ1v) is 10.9. The summed E-state index contributed by atoms with van der Waals surface area (Å²) in [5.74, 6) is 1.01. The fourth-order valence-electron chi connectivity index (χ4n) is 3.94. The summed E-state index contributed by atoms with van der Waals surface area (Å²) in [7, 11) is 1.81. The van der Waals surface area contributed by atoms with E-state index in [-0.39, 0.29) is 43.8 Å². The number of rotatable bonds is 8. The predicted octanol–water partition coefficient (Wildman–Crippen LogP) is 1.38. The van der Waals surface area contributed by atoms with Crippen molar-refractivity contribution in [2.24, 2.45) is 0 Å². The molecular weight excluding hydrogens is 438 g/mol. The number of hydrogen-bond donors (Lipinski definition) is 2. The highest BCUT2D eigenvalue weighted by molar-refractivity contribution is 5.96.